The maximum absolute atomic E-state index is 5.28. The second kappa shape index (κ2) is 3.59. The van der Waals surface area contributed by atoms with Gasteiger partial charge in [-0.3, -0.25) is 0 Å². The first kappa shape index (κ1) is 9.49. The monoisotopic (exact) mass is 320 g/mol. The molecule has 0 bridgehead atoms. The summed E-state index contributed by atoms with van der Waals surface area (Å²) >= 11 is 8.71. The van der Waals surface area contributed by atoms with Gasteiger partial charge >= 0.3 is 0 Å². The van der Waals surface area contributed by atoms with Crippen LogP contribution >= 0.6 is 43.2 Å². The van der Waals surface area contributed by atoms with E-state index in [0.29, 0.717) is 0 Å². The summed E-state index contributed by atoms with van der Waals surface area (Å²) in [6.45, 7) is 0. The molecule has 0 saturated heterocycles. The molecule has 1 aromatic heterocycles. The minimum absolute atomic E-state index is 0.909. The van der Waals surface area contributed by atoms with Gasteiger partial charge in [0.1, 0.15) is 5.75 Å². The molecule has 4 heteroatoms. The highest BCUT2D eigenvalue weighted by molar-refractivity contribution is 9.11. The van der Waals surface area contributed by atoms with Gasteiger partial charge in [-0.2, -0.15) is 0 Å². The summed E-state index contributed by atoms with van der Waals surface area (Å²) in [5.41, 5.74) is 0. The summed E-state index contributed by atoms with van der Waals surface area (Å²) in [4.78, 5) is 0. The van der Waals surface area contributed by atoms with E-state index in [-0.39, 0.29) is 0 Å². The van der Waals surface area contributed by atoms with Gasteiger partial charge in [-0.15, -0.1) is 11.3 Å². The van der Waals surface area contributed by atoms with Gasteiger partial charge < -0.3 is 4.74 Å². The van der Waals surface area contributed by atoms with Crippen molar-refractivity contribution in [3.8, 4) is 5.75 Å². The quantitative estimate of drug-likeness (QED) is 0.754. The predicted octanol–water partition coefficient (Wildman–Crippen LogP) is 4.43. The summed E-state index contributed by atoms with van der Waals surface area (Å²) in [5.74, 6) is 0.909. The molecule has 1 heterocycles. The number of methoxy groups -OCH3 is 1. The molecule has 1 aromatic carbocycles. The second-order valence-electron chi connectivity index (χ2n) is 2.54. The van der Waals surface area contributed by atoms with Crippen LogP contribution in [-0.4, -0.2) is 7.11 Å². The first-order valence-corrected chi connectivity index (χ1v) is 6.10. The third-order valence-electron chi connectivity index (χ3n) is 1.81. The predicted molar refractivity (Wildman–Crippen MR) is 63.8 cm³/mol. The van der Waals surface area contributed by atoms with Crippen molar-refractivity contribution in [2.45, 2.75) is 0 Å². The standard InChI is InChI=1S/C9H6Br2OS/c1-12-7-3-2-5(10)9-8(7)6(11)4-13-9/h2-4H,1H3. The average Bonchev–Trinajstić information content (AvgIpc) is 2.51. The van der Waals surface area contributed by atoms with Crippen LogP contribution in [-0.2, 0) is 0 Å². The zero-order valence-corrected chi connectivity index (χ0v) is 10.8. The Morgan fingerprint density at radius 1 is 1.23 bits per heavy atom. The molecule has 0 saturated carbocycles. The second-order valence-corrected chi connectivity index (χ2v) is 5.13. The average molecular weight is 322 g/mol. The summed E-state index contributed by atoms with van der Waals surface area (Å²) < 4.78 is 8.69. The van der Waals surface area contributed by atoms with Crippen LogP contribution in [0.4, 0.5) is 0 Å². The van der Waals surface area contributed by atoms with Gasteiger partial charge in [0.2, 0.25) is 0 Å². The lowest BCUT2D eigenvalue weighted by Crippen LogP contribution is -1.82. The molecule has 0 amide bonds. The van der Waals surface area contributed by atoms with Gasteiger partial charge in [0.15, 0.2) is 0 Å². The highest BCUT2D eigenvalue weighted by Gasteiger charge is 2.09. The lowest BCUT2D eigenvalue weighted by molar-refractivity contribution is 0.419. The molecular weight excluding hydrogens is 316 g/mol. The van der Waals surface area contributed by atoms with Crippen molar-refractivity contribution in [2.24, 2.45) is 0 Å². The Labute approximate surface area is 97.0 Å². The van der Waals surface area contributed by atoms with Crippen molar-refractivity contribution in [1.82, 2.24) is 0 Å². The fourth-order valence-electron chi connectivity index (χ4n) is 1.22. The van der Waals surface area contributed by atoms with Gasteiger partial charge in [0.05, 0.1) is 11.8 Å². The number of thiophene rings is 1. The molecule has 0 aliphatic rings. The van der Waals surface area contributed by atoms with Crippen LogP contribution in [0.3, 0.4) is 0 Å². The molecule has 0 spiro atoms. The van der Waals surface area contributed by atoms with Gasteiger partial charge in [-0.05, 0) is 44.0 Å². The Kier molecular flexibility index (Phi) is 2.62. The number of ether oxygens (including phenoxy) is 1. The molecule has 0 aliphatic carbocycles. The number of fused-ring (bicyclic) bond motifs is 1. The van der Waals surface area contributed by atoms with Crippen molar-refractivity contribution in [1.29, 1.82) is 0 Å². The first-order chi connectivity index (χ1) is 6.24. The smallest absolute Gasteiger partial charge is 0.128 e. The zero-order valence-electron chi connectivity index (χ0n) is 6.80. The Morgan fingerprint density at radius 3 is 2.69 bits per heavy atom. The summed E-state index contributed by atoms with van der Waals surface area (Å²) in [6, 6.07) is 3.97. The topological polar surface area (TPSA) is 9.23 Å². The molecule has 0 aliphatic heterocycles. The van der Waals surface area contributed by atoms with Gasteiger partial charge in [-0.1, -0.05) is 0 Å². The maximum atomic E-state index is 5.28. The van der Waals surface area contributed by atoms with Crippen molar-refractivity contribution in [3.05, 3.63) is 26.5 Å². The van der Waals surface area contributed by atoms with Gasteiger partial charge in [0, 0.05) is 19.7 Å². The van der Waals surface area contributed by atoms with E-state index in [9.17, 15) is 0 Å². The minimum Gasteiger partial charge on any atom is -0.496 e. The van der Waals surface area contributed by atoms with E-state index in [4.69, 9.17) is 4.74 Å². The molecule has 2 aromatic rings. The van der Waals surface area contributed by atoms with Crippen LogP contribution in [0.2, 0.25) is 0 Å². The Balaban J connectivity index is 2.88. The van der Waals surface area contributed by atoms with Crippen LogP contribution in [0, 0.1) is 0 Å². The molecule has 1 nitrogen and oxygen atoms in total. The number of rotatable bonds is 1. The van der Waals surface area contributed by atoms with E-state index in [1.807, 2.05) is 12.1 Å². The summed E-state index contributed by atoms with van der Waals surface area (Å²) in [5, 5.41) is 3.21. The van der Waals surface area contributed by atoms with Crippen LogP contribution in [0.1, 0.15) is 0 Å². The molecule has 13 heavy (non-hydrogen) atoms. The Bertz CT molecular complexity index is 450. The zero-order chi connectivity index (χ0) is 9.42. The number of hydrogen-bond acceptors (Lipinski definition) is 2. The maximum Gasteiger partial charge on any atom is 0.128 e. The van der Waals surface area contributed by atoms with Crippen LogP contribution in [0.15, 0.2) is 26.5 Å². The van der Waals surface area contributed by atoms with Crippen LogP contribution in [0.5, 0.6) is 5.75 Å². The highest BCUT2D eigenvalue weighted by atomic mass is 79.9. The minimum atomic E-state index is 0.909. The number of halogens is 2. The molecule has 0 N–H and O–H groups in total. The van der Waals surface area contributed by atoms with Crippen molar-refractivity contribution in [2.75, 3.05) is 7.11 Å². The highest BCUT2D eigenvalue weighted by Crippen LogP contribution is 2.40. The number of hydrogen-bond donors (Lipinski definition) is 0. The Morgan fingerprint density at radius 2 is 2.00 bits per heavy atom. The molecule has 0 atom stereocenters. The van der Waals surface area contributed by atoms with E-state index in [2.05, 4.69) is 37.2 Å². The van der Waals surface area contributed by atoms with E-state index in [1.54, 1.807) is 18.4 Å². The van der Waals surface area contributed by atoms with E-state index in [1.165, 1.54) is 4.70 Å². The van der Waals surface area contributed by atoms with E-state index in [0.717, 1.165) is 20.1 Å². The molecular formula is C9H6Br2OS. The fourth-order valence-corrected chi connectivity index (χ4v) is 3.48. The molecule has 2 rings (SSSR count). The van der Waals surface area contributed by atoms with Gasteiger partial charge in [-0.25, -0.2) is 0 Å². The van der Waals surface area contributed by atoms with E-state index >= 15 is 0 Å². The van der Waals surface area contributed by atoms with Gasteiger partial charge in [0.25, 0.3) is 0 Å². The first-order valence-electron chi connectivity index (χ1n) is 3.63. The third kappa shape index (κ3) is 1.51. The van der Waals surface area contributed by atoms with Crippen LogP contribution in [0.25, 0.3) is 10.1 Å². The summed E-state index contributed by atoms with van der Waals surface area (Å²) in [6.07, 6.45) is 0. The molecule has 68 valence electrons. The molecule has 0 fully saturated rings. The summed E-state index contributed by atoms with van der Waals surface area (Å²) in [7, 11) is 1.69. The lowest BCUT2D eigenvalue weighted by Gasteiger charge is -2.02. The van der Waals surface area contributed by atoms with Crippen molar-refractivity contribution < 1.29 is 4.74 Å². The SMILES string of the molecule is COc1ccc(Br)c2scc(Br)c12. The lowest BCUT2D eigenvalue weighted by atomic mass is 10.2. The van der Waals surface area contributed by atoms with Crippen molar-refractivity contribution in [3.63, 3.8) is 0 Å². The number of benzene rings is 1. The fraction of sp³-hybridized carbons (Fsp3) is 0.111. The van der Waals surface area contributed by atoms with E-state index < -0.39 is 0 Å². The van der Waals surface area contributed by atoms with Crippen molar-refractivity contribution >= 4 is 53.3 Å². The third-order valence-corrected chi connectivity index (χ3v) is 4.68. The molecule has 0 unspecified atom stereocenters. The largest absolute Gasteiger partial charge is 0.496 e. The van der Waals surface area contributed by atoms with Crippen LogP contribution < -0.4 is 4.74 Å². The molecule has 0 radical (unpaired) electrons. The Hall–Kier alpha value is -0.0600. The normalized spacial score (nSPS) is 10.7.